The molecule has 0 saturated carbocycles. The molecule has 0 aliphatic carbocycles. The number of halogens is 1. The van der Waals surface area contributed by atoms with Crippen LogP contribution in [0.2, 0.25) is 5.02 Å². The Kier molecular flexibility index (Phi) is 4.02. The van der Waals surface area contributed by atoms with E-state index in [-0.39, 0.29) is 12.1 Å². The standard InChI is InChI=1S/C16H20ClN3O/c1-10-9-21-7-6-20(10)16-13(11(2)18)8-12-4-3-5-14(17)15(12)19-16/h3-5,8,10-11H,6-7,9,18H2,1-2H3/t10-,11-/m0/s1. The van der Waals surface area contributed by atoms with Crippen LogP contribution in [0.1, 0.15) is 25.5 Å². The highest BCUT2D eigenvalue weighted by Gasteiger charge is 2.24. The molecule has 0 unspecified atom stereocenters. The molecule has 0 spiro atoms. The number of aromatic nitrogens is 1. The molecule has 21 heavy (non-hydrogen) atoms. The molecule has 1 saturated heterocycles. The van der Waals surface area contributed by atoms with Gasteiger partial charge in [-0.05, 0) is 26.0 Å². The Morgan fingerprint density at radius 2 is 2.29 bits per heavy atom. The Balaban J connectivity index is 2.18. The second kappa shape index (κ2) is 5.79. The summed E-state index contributed by atoms with van der Waals surface area (Å²) in [4.78, 5) is 7.10. The van der Waals surface area contributed by atoms with Gasteiger partial charge < -0.3 is 15.4 Å². The maximum absolute atomic E-state index is 6.30. The van der Waals surface area contributed by atoms with Crippen LogP contribution in [0.5, 0.6) is 0 Å². The van der Waals surface area contributed by atoms with Crippen LogP contribution in [-0.4, -0.2) is 30.8 Å². The third-order valence-electron chi connectivity index (χ3n) is 3.94. The molecule has 0 bridgehead atoms. The number of anilines is 1. The maximum Gasteiger partial charge on any atom is 0.134 e. The fourth-order valence-electron chi connectivity index (χ4n) is 2.78. The zero-order chi connectivity index (χ0) is 15.0. The van der Waals surface area contributed by atoms with Crippen LogP contribution in [0.15, 0.2) is 24.3 Å². The first-order valence-electron chi connectivity index (χ1n) is 7.27. The number of ether oxygens (including phenoxy) is 1. The van der Waals surface area contributed by atoms with Crippen molar-refractivity contribution in [2.45, 2.75) is 25.9 Å². The first-order chi connectivity index (χ1) is 10.1. The summed E-state index contributed by atoms with van der Waals surface area (Å²) >= 11 is 6.30. The Labute approximate surface area is 129 Å². The Morgan fingerprint density at radius 3 is 3.00 bits per heavy atom. The van der Waals surface area contributed by atoms with Crippen molar-refractivity contribution in [3.63, 3.8) is 0 Å². The van der Waals surface area contributed by atoms with Crippen molar-refractivity contribution in [1.29, 1.82) is 0 Å². The summed E-state index contributed by atoms with van der Waals surface area (Å²) in [5, 5.41) is 1.70. The van der Waals surface area contributed by atoms with Crippen molar-refractivity contribution in [3.8, 4) is 0 Å². The van der Waals surface area contributed by atoms with Crippen molar-refractivity contribution < 1.29 is 4.74 Å². The minimum Gasteiger partial charge on any atom is -0.377 e. The first-order valence-corrected chi connectivity index (χ1v) is 7.65. The highest BCUT2D eigenvalue weighted by Crippen LogP contribution is 2.32. The lowest BCUT2D eigenvalue weighted by molar-refractivity contribution is 0.0984. The predicted octanol–water partition coefficient (Wildman–Crippen LogP) is 3.13. The maximum atomic E-state index is 6.30. The normalized spacial score (nSPS) is 20.8. The third-order valence-corrected chi connectivity index (χ3v) is 4.24. The number of rotatable bonds is 2. The summed E-state index contributed by atoms with van der Waals surface area (Å²) < 4.78 is 5.52. The average Bonchev–Trinajstić information content (AvgIpc) is 2.47. The Bertz CT molecular complexity index is 659. The molecule has 5 heteroatoms. The molecule has 0 radical (unpaired) electrons. The molecule has 1 aromatic heterocycles. The van der Waals surface area contributed by atoms with E-state index in [0.29, 0.717) is 18.2 Å². The molecule has 1 aromatic carbocycles. The summed E-state index contributed by atoms with van der Waals surface area (Å²) in [6.45, 7) is 6.38. The van der Waals surface area contributed by atoms with Crippen LogP contribution in [0.3, 0.4) is 0 Å². The van der Waals surface area contributed by atoms with Crippen LogP contribution in [-0.2, 0) is 4.74 Å². The summed E-state index contributed by atoms with van der Waals surface area (Å²) in [5.74, 6) is 0.932. The van der Waals surface area contributed by atoms with E-state index < -0.39 is 0 Å². The van der Waals surface area contributed by atoms with E-state index in [4.69, 9.17) is 27.1 Å². The molecular formula is C16H20ClN3O. The molecule has 3 rings (SSSR count). The smallest absolute Gasteiger partial charge is 0.134 e. The highest BCUT2D eigenvalue weighted by molar-refractivity contribution is 6.35. The molecular weight excluding hydrogens is 286 g/mol. The fourth-order valence-corrected chi connectivity index (χ4v) is 3.00. The monoisotopic (exact) mass is 305 g/mol. The van der Waals surface area contributed by atoms with Gasteiger partial charge in [-0.15, -0.1) is 0 Å². The van der Waals surface area contributed by atoms with Gasteiger partial charge in [0.2, 0.25) is 0 Å². The molecule has 2 atom stereocenters. The molecule has 4 nitrogen and oxygen atoms in total. The van der Waals surface area contributed by atoms with E-state index in [1.54, 1.807) is 0 Å². The molecule has 2 heterocycles. The van der Waals surface area contributed by atoms with Crippen molar-refractivity contribution >= 4 is 28.3 Å². The Morgan fingerprint density at radius 1 is 1.48 bits per heavy atom. The summed E-state index contributed by atoms with van der Waals surface area (Å²) in [7, 11) is 0. The summed E-state index contributed by atoms with van der Waals surface area (Å²) in [6.07, 6.45) is 0. The zero-order valence-electron chi connectivity index (χ0n) is 12.3. The minimum absolute atomic E-state index is 0.0778. The van der Waals surface area contributed by atoms with E-state index in [1.165, 1.54) is 0 Å². The van der Waals surface area contributed by atoms with Gasteiger partial charge in [-0.3, -0.25) is 0 Å². The summed E-state index contributed by atoms with van der Waals surface area (Å²) in [5.41, 5.74) is 8.05. The van der Waals surface area contributed by atoms with Gasteiger partial charge in [0.15, 0.2) is 0 Å². The van der Waals surface area contributed by atoms with Crippen molar-refractivity contribution in [2.24, 2.45) is 5.73 Å². The number of fused-ring (bicyclic) bond motifs is 1. The van der Waals surface area contributed by atoms with Gasteiger partial charge in [0.25, 0.3) is 0 Å². The van der Waals surface area contributed by atoms with Crippen molar-refractivity contribution in [1.82, 2.24) is 4.98 Å². The lowest BCUT2D eigenvalue weighted by Gasteiger charge is -2.36. The molecule has 0 amide bonds. The number of nitrogens with zero attached hydrogens (tertiary/aromatic N) is 2. The van der Waals surface area contributed by atoms with Gasteiger partial charge in [0.05, 0.1) is 29.8 Å². The number of hydrogen-bond acceptors (Lipinski definition) is 4. The molecule has 1 aliphatic heterocycles. The van der Waals surface area contributed by atoms with Crippen LogP contribution in [0.4, 0.5) is 5.82 Å². The largest absolute Gasteiger partial charge is 0.377 e. The number of para-hydroxylation sites is 1. The zero-order valence-corrected chi connectivity index (χ0v) is 13.1. The fraction of sp³-hybridized carbons (Fsp3) is 0.438. The Hall–Kier alpha value is -1.36. The number of pyridine rings is 1. The van der Waals surface area contributed by atoms with E-state index in [9.17, 15) is 0 Å². The minimum atomic E-state index is -0.0778. The second-order valence-corrected chi connectivity index (χ2v) is 6.03. The van der Waals surface area contributed by atoms with Crippen LogP contribution >= 0.6 is 11.6 Å². The van der Waals surface area contributed by atoms with Crippen LogP contribution in [0, 0.1) is 0 Å². The molecule has 112 valence electrons. The highest BCUT2D eigenvalue weighted by atomic mass is 35.5. The third kappa shape index (κ3) is 2.71. The number of hydrogen-bond donors (Lipinski definition) is 1. The predicted molar refractivity (Wildman–Crippen MR) is 87.0 cm³/mol. The SMILES string of the molecule is C[C@H](N)c1cc2cccc(Cl)c2nc1N1CCOC[C@@H]1C. The average molecular weight is 306 g/mol. The van der Waals surface area contributed by atoms with Gasteiger partial charge in [-0.1, -0.05) is 23.7 Å². The van der Waals surface area contributed by atoms with E-state index in [0.717, 1.165) is 28.8 Å². The van der Waals surface area contributed by atoms with Gasteiger partial charge in [-0.25, -0.2) is 4.98 Å². The molecule has 2 N–H and O–H groups in total. The number of benzene rings is 1. The van der Waals surface area contributed by atoms with Gasteiger partial charge >= 0.3 is 0 Å². The van der Waals surface area contributed by atoms with E-state index in [1.807, 2.05) is 25.1 Å². The van der Waals surface area contributed by atoms with E-state index in [2.05, 4.69) is 17.9 Å². The molecule has 1 fully saturated rings. The van der Waals surface area contributed by atoms with Gasteiger partial charge in [0.1, 0.15) is 5.82 Å². The number of morpholine rings is 1. The molecule has 1 aliphatic rings. The lowest BCUT2D eigenvalue weighted by atomic mass is 10.1. The van der Waals surface area contributed by atoms with Gasteiger partial charge in [-0.2, -0.15) is 0 Å². The van der Waals surface area contributed by atoms with Crippen molar-refractivity contribution in [2.75, 3.05) is 24.7 Å². The second-order valence-electron chi connectivity index (χ2n) is 5.62. The van der Waals surface area contributed by atoms with Gasteiger partial charge in [0, 0.05) is 23.5 Å². The topological polar surface area (TPSA) is 51.4 Å². The lowest BCUT2D eigenvalue weighted by Crippen LogP contribution is -2.44. The van der Waals surface area contributed by atoms with E-state index >= 15 is 0 Å². The van der Waals surface area contributed by atoms with Crippen LogP contribution < -0.4 is 10.6 Å². The molecule has 2 aromatic rings. The van der Waals surface area contributed by atoms with Crippen LogP contribution in [0.25, 0.3) is 10.9 Å². The first kappa shape index (κ1) is 14.6. The summed E-state index contributed by atoms with van der Waals surface area (Å²) in [6, 6.07) is 8.14. The quantitative estimate of drug-likeness (QED) is 0.926. The number of nitrogens with two attached hydrogens (primary N) is 1. The van der Waals surface area contributed by atoms with Crippen molar-refractivity contribution in [3.05, 3.63) is 34.9 Å².